The van der Waals surface area contributed by atoms with Gasteiger partial charge in [-0.25, -0.2) is 15.2 Å². The van der Waals surface area contributed by atoms with E-state index in [-0.39, 0.29) is 5.91 Å². The highest BCUT2D eigenvalue weighted by molar-refractivity contribution is 7.12. The maximum Gasteiger partial charge on any atom is 0.333 e. The Labute approximate surface area is 120 Å². The van der Waals surface area contributed by atoms with Crippen LogP contribution in [0.3, 0.4) is 0 Å². The van der Waals surface area contributed by atoms with Crippen molar-refractivity contribution in [2.24, 2.45) is 0 Å². The number of carbonyl (C=O) groups excluding carboxylic acids is 2. The third kappa shape index (κ3) is 2.64. The van der Waals surface area contributed by atoms with E-state index in [4.69, 9.17) is 0 Å². The number of nitrogens with zero attached hydrogens (tertiary/aromatic N) is 2. The van der Waals surface area contributed by atoms with E-state index < -0.39 is 6.03 Å². The molecule has 0 unspecified atom stereocenters. The predicted octanol–water partition coefficient (Wildman–Crippen LogP) is 1.12. The second-order valence-electron chi connectivity index (χ2n) is 4.09. The fraction of sp³-hybridized carbons (Fsp3) is 0.250. The number of rotatable bonds is 2. The van der Waals surface area contributed by atoms with E-state index >= 15 is 0 Å². The van der Waals surface area contributed by atoms with Crippen LogP contribution in [0.1, 0.15) is 21.7 Å². The van der Waals surface area contributed by atoms with E-state index in [1.165, 1.54) is 18.4 Å². The number of hydrogen-bond acceptors (Lipinski definition) is 4. The Kier molecular flexibility index (Phi) is 4.04. The zero-order valence-corrected chi connectivity index (χ0v) is 12.2. The Balaban J connectivity index is 2.24. The van der Waals surface area contributed by atoms with Gasteiger partial charge in [0.2, 0.25) is 0 Å². The molecule has 0 aliphatic rings. The van der Waals surface area contributed by atoms with Gasteiger partial charge in [0.1, 0.15) is 0 Å². The summed E-state index contributed by atoms with van der Waals surface area (Å²) in [6, 6.07) is 1.28. The molecule has 0 saturated heterocycles. The van der Waals surface area contributed by atoms with E-state index in [2.05, 4.69) is 21.2 Å². The molecular weight excluding hydrogens is 278 g/mol. The summed E-state index contributed by atoms with van der Waals surface area (Å²) in [5.74, 6) is -0.371. The summed E-state index contributed by atoms with van der Waals surface area (Å²) >= 11 is 1.49. The molecule has 0 saturated carbocycles. The molecule has 20 heavy (non-hydrogen) atoms. The molecule has 0 radical (unpaired) electrons. The van der Waals surface area contributed by atoms with Crippen LogP contribution in [0, 0.1) is 13.8 Å². The molecule has 2 aromatic rings. The van der Waals surface area contributed by atoms with Gasteiger partial charge in [-0.2, -0.15) is 0 Å². The van der Waals surface area contributed by atoms with E-state index in [0.29, 0.717) is 5.56 Å². The van der Waals surface area contributed by atoms with Crippen LogP contribution >= 0.6 is 11.3 Å². The van der Waals surface area contributed by atoms with Crippen LogP contribution < -0.4 is 16.2 Å². The minimum atomic E-state index is -0.480. The highest BCUT2D eigenvalue weighted by Crippen LogP contribution is 2.21. The summed E-state index contributed by atoms with van der Waals surface area (Å²) < 4.78 is 1.90. The first-order valence-electron chi connectivity index (χ1n) is 5.91. The van der Waals surface area contributed by atoms with E-state index in [9.17, 15) is 9.59 Å². The molecule has 8 heteroatoms. The lowest BCUT2D eigenvalue weighted by Crippen LogP contribution is -2.45. The zero-order valence-electron chi connectivity index (χ0n) is 11.4. The standard InChI is InChI=1S/C12H15N5O2S/c1-7-6-9(10(18)15-16-11(19)13-3)8(2)17(7)12-14-4-5-20-12/h4-6H,1-3H3,(H,15,18)(H2,13,16,19). The lowest BCUT2D eigenvalue weighted by Gasteiger charge is -2.07. The van der Waals surface area contributed by atoms with Gasteiger partial charge in [0.15, 0.2) is 5.13 Å². The highest BCUT2D eigenvalue weighted by Gasteiger charge is 2.17. The van der Waals surface area contributed by atoms with Crippen LogP contribution in [0.15, 0.2) is 17.6 Å². The van der Waals surface area contributed by atoms with Gasteiger partial charge in [-0.15, -0.1) is 11.3 Å². The van der Waals surface area contributed by atoms with Gasteiger partial charge >= 0.3 is 6.03 Å². The van der Waals surface area contributed by atoms with Crippen molar-refractivity contribution >= 4 is 23.3 Å². The molecule has 2 heterocycles. The fourth-order valence-corrected chi connectivity index (χ4v) is 2.61. The van der Waals surface area contributed by atoms with Crippen molar-refractivity contribution in [2.75, 3.05) is 7.05 Å². The first-order valence-corrected chi connectivity index (χ1v) is 6.79. The van der Waals surface area contributed by atoms with Crippen molar-refractivity contribution in [3.8, 4) is 5.13 Å². The fourth-order valence-electron chi connectivity index (χ4n) is 1.86. The van der Waals surface area contributed by atoms with Gasteiger partial charge in [0, 0.05) is 30.0 Å². The largest absolute Gasteiger partial charge is 0.340 e. The molecule has 2 rings (SSSR count). The first kappa shape index (κ1) is 14.1. The van der Waals surface area contributed by atoms with Gasteiger partial charge in [0.25, 0.3) is 5.91 Å². The van der Waals surface area contributed by atoms with Gasteiger partial charge in [0.05, 0.1) is 5.56 Å². The molecule has 3 N–H and O–H groups in total. The van der Waals surface area contributed by atoms with Crippen molar-refractivity contribution < 1.29 is 9.59 Å². The number of aromatic nitrogens is 2. The highest BCUT2D eigenvalue weighted by atomic mass is 32.1. The van der Waals surface area contributed by atoms with E-state index in [1.54, 1.807) is 12.3 Å². The Morgan fingerprint density at radius 2 is 2.05 bits per heavy atom. The monoisotopic (exact) mass is 293 g/mol. The zero-order chi connectivity index (χ0) is 14.7. The molecule has 0 bridgehead atoms. The molecule has 0 spiro atoms. The first-order chi connectivity index (χ1) is 9.54. The lowest BCUT2D eigenvalue weighted by molar-refractivity contribution is 0.0936. The molecule has 0 aliphatic carbocycles. The number of aryl methyl sites for hydroxylation is 1. The molecule has 2 aromatic heterocycles. The second-order valence-corrected chi connectivity index (χ2v) is 4.97. The van der Waals surface area contributed by atoms with Gasteiger partial charge in [-0.1, -0.05) is 0 Å². The molecule has 106 valence electrons. The number of nitrogens with one attached hydrogen (secondary N) is 3. The Morgan fingerprint density at radius 1 is 1.30 bits per heavy atom. The molecule has 0 aromatic carbocycles. The number of carbonyl (C=O) groups is 2. The minimum Gasteiger partial charge on any atom is -0.340 e. The van der Waals surface area contributed by atoms with Crippen LogP contribution in [-0.4, -0.2) is 28.5 Å². The topological polar surface area (TPSA) is 88.0 Å². The number of hydrazine groups is 1. The normalized spacial score (nSPS) is 10.2. The molecule has 3 amide bonds. The van der Waals surface area contributed by atoms with Crippen molar-refractivity contribution in [1.82, 2.24) is 25.7 Å². The summed E-state index contributed by atoms with van der Waals surface area (Å²) in [4.78, 5) is 27.3. The molecule has 7 nitrogen and oxygen atoms in total. The number of thiazole rings is 1. The third-order valence-electron chi connectivity index (χ3n) is 2.80. The Bertz CT molecular complexity index is 633. The average Bonchev–Trinajstić information content (AvgIpc) is 3.03. The maximum atomic E-state index is 12.0. The summed E-state index contributed by atoms with van der Waals surface area (Å²) in [6.45, 7) is 3.74. The van der Waals surface area contributed by atoms with Crippen LogP contribution in [0.4, 0.5) is 4.79 Å². The summed E-state index contributed by atoms with van der Waals surface area (Å²) in [6.07, 6.45) is 1.71. The number of hydrogen-bond donors (Lipinski definition) is 3. The van der Waals surface area contributed by atoms with Crippen LogP contribution in [0.5, 0.6) is 0 Å². The van der Waals surface area contributed by atoms with Gasteiger partial charge in [-0.05, 0) is 19.9 Å². The van der Waals surface area contributed by atoms with Crippen LogP contribution in [0.2, 0.25) is 0 Å². The van der Waals surface area contributed by atoms with Crippen molar-refractivity contribution in [3.05, 3.63) is 34.6 Å². The van der Waals surface area contributed by atoms with Crippen molar-refractivity contribution in [3.63, 3.8) is 0 Å². The minimum absolute atomic E-state index is 0.371. The second kappa shape index (κ2) is 5.74. The number of urea groups is 1. The Hall–Kier alpha value is -2.35. The van der Waals surface area contributed by atoms with Crippen LogP contribution in [-0.2, 0) is 0 Å². The van der Waals surface area contributed by atoms with Gasteiger partial charge in [-0.3, -0.25) is 14.8 Å². The summed E-state index contributed by atoms with van der Waals surface area (Å²) in [5.41, 5.74) is 6.77. The average molecular weight is 293 g/mol. The van der Waals surface area contributed by atoms with Crippen molar-refractivity contribution in [2.45, 2.75) is 13.8 Å². The predicted molar refractivity (Wildman–Crippen MR) is 76.0 cm³/mol. The molecule has 0 fully saturated rings. The number of amides is 3. The quantitative estimate of drug-likeness (QED) is 0.725. The van der Waals surface area contributed by atoms with E-state index in [0.717, 1.165) is 16.5 Å². The lowest BCUT2D eigenvalue weighted by atomic mass is 10.2. The smallest absolute Gasteiger partial charge is 0.333 e. The molecule has 0 aliphatic heterocycles. The SMILES string of the molecule is CNC(=O)NNC(=O)c1cc(C)n(-c2nccs2)c1C. The summed E-state index contributed by atoms with van der Waals surface area (Å²) in [7, 11) is 1.47. The van der Waals surface area contributed by atoms with Crippen molar-refractivity contribution in [1.29, 1.82) is 0 Å². The molecular formula is C12H15N5O2S. The van der Waals surface area contributed by atoms with Gasteiger partial charge < -0.3 is 5.32 Å². The van der Waals surface area contributed by atoms with Crippen LogP contribution in [0.25, 0.3) is 5.13 Å². The third-order valence-corrected chi connectivity index (χ3v) is 3.56. The Morgan fingerprint density at radius 3 is 2.65 bits per heavy atom. The molecule has 0 atom stereocenters. The maximum absolute atomic E-state index is 12.0. The van der Waals surface area contributed by atoms with E-state index in [1.807, 2.05) is 23.8 Å². The summed E-state index contributed by atoms with van der Waals surface area (Å²) in [5, 5.41) is 5.03.